The highest BCUT2D eigenvalue weighted by atomic mass is 16.5. The van der Waals surface area contributed by atoms with Crippen LogP contribution in [-0.4, -0.2) is 46.7 Å². The first-order valence-corrected chi connectivity index (χ1v) is 5.02. The Kier molecular flexibility index (Phi) is 3.25. The van der Waals surface area contributed by atoms with Crippen molar-refractivity contribution in [1.29, 1.82) is 0 Å². The van der Waals surface area contributed by atoms with Crippen molar-refractivity contribution in [3.8, 4) is 0 Å². The lowest BCUT2D eigenvalue weighted by atomic mass is 10.2. The summed E-state index contributed by atoms with van der Waals surface area (Å²) in [6, 6.07) is 1.70. The number of hydrogen-bond acceptors (Lipinski definition) is 5. The third kappa shape index (κ3) is 2.50. The minimum Gasteiger partial charge on any atom is -0.390 e. The summed E-state index contributed by atoms with van der Waals surface area (Å²) in [5.74, 6) is 0.660. The Morgan fingerprint density at radius 2 is 2.53 bits per heavy atom. The second-order valence-electron chi connectivity index (χ2n) is 3.69. The zero-order valence-corrected chi connectivity index (χ0v) is 8.76. The van der Waals surface area contributed by atoms with E-state index in [9.17, 15) is 0 Å². The summed E-state index contributed by atoms with van der Waals surface area (Å²) >= 11 is 0. The van der Waals surface area contributed by atoms with Crippen LogP contribution in [-0.2, 0) is 11.3 Å². The normalized spacial score (nSPS) is 22.9. The van der Waals surface area contributed by atoms with Gasteiger partial charge in [0.05, 0.1) is 18.9 Å². The first-order valence-electron chi connectivity index (χ1n) is 5.02. The number of ether oxygens (including phenoxy) is 1. The lowest BCUT2D eigenvalue weighted by Gasteiger charge is -2.29. The highest BCUT2D eigenvalue weighted by Gasteiger charge is 2.21. The second kappa shape index (κ2) is 4.65. The molecule has 0 saturated carbocycles. The van der Waals surface area contributed by atoms with Gasteiger partial charge in [-0.3, -0.25) is 0 Å². The molecule has 5 heteroatoms. The highest BCUT2D eigenvalue weighted by Crippen LogP contribution is 2.17. The molecule has 1 aromatic rings. The number of morpholine rings is 1. The van der Waals surface area contributed by atoms with E-state index in [-0.39, 0.29) is 12.7 Å². The molecule has 82 valence electrons. The Balaban J connectivity index is 2.13. The molecular weight excluding hydrogens is 194 g/mol. The molecule has 0 aliphatic carbocycles. The fourth-order valence-electron chi connectivity index (χ4n) is 1.59. The van der Waals surface area contributed by atoms with Crippen LogP contribution in [0.1, 0.15) is 17.6 Å². The summed E-state index contributed by atoms with van der Waals surface area (Å²) in [6.45, 7) is 2.39. The Morgan fingerprint density at radius 3 is 3.27 bits per heavy atom. The molecule has 2 rings (SSSR count). The van der Waals surface area contributed by atoms with Crippen molar-refractivity contribution >= 4 is 0 Å². The fraction of sp³-hybridized carbons (Fsp3) is 0.600. The van der Waals surface area contributed by atoms with Crippen LogP contribution in [0.2, 0.25) is 0 Å². The summed E-state index contributed by atoms with van der Waals surface area (Å²) in [7, 11) is 2.05. The van der Waals surface area contributed by atoms with Gasteiger partial charge >= 0.3 is 0 Å². The van der Waals surface area contributed by atoms with E-state index in [1.807, 2.05) is 7.05 Å². The molecule has 1 aliphatic rings. The van der Waals surface area contributed by atoms with Crippen LogP contribution in [0, 0.1) is 0 Å². The average Bonchev–Trinajstić information content (AvgIpc) is 2.29. The molecule has 0 aromatic carbocycles. The van der Waals surface area contributed by atoms with Crippen molar-refractivity contribution in [2.75, 3.05) is 26.7 Å². The van der Waals surface area contributed by atoms with E-state index in [2.05, 4.69) is 14.9 Å². The summed E-state index contributed by atoms with van der Waals surface area (Å²) in [4.78, 5) is 10.6. The first kappa shape index (κ1) is 10.5. The number of nitrogens with zero attached hydrogens (tertiary/aromatic N) is 3. The number of rotatable bonds is 2. The van der Waals surface area contributed by atoms with E-state index in [0.717, 1.165) is 13.1 Å². The van der Waals surface area contributed by atoms with Crippen LogP contribution in [0.15, 0.2) is 12.3 Å². The molecule has 1 saturated heterocycles. The Bertz CT molecular complexity index is 332. The van der Waals surface area contributed by atoms with Crippen molar-refractivity contribution in [3.63, 3.8) is 0 Å². The van der Waals surface area contributed by atoms with Gasteiger partial charge in [0.2, 0.25) is 0 Å². The average molecular weight is 209 g/mol. The molecule has 0 bridgehead atoms. The molecule has 1 aliphatic heterocycles. The number of aliphatic hydroxyl groups is 1. The Labute approximate surface area is 88.7 Å². The molecule has 1 atom stereocenters. The maximum absolute atomic E-state index is 8.97. The van der Waals surface area contributed by atoms with Crippen LogP contribution in [0.3, 0.4) is 0 Å². The van der Waals surface area contributed by atoms with Gasteiger partial charge in [-0.1, -0.05) is 0 Å². The highest BCUT2D eigenvalue weighted by molar-refractivity contribution is 5.03. The fourth-order valence-corrected chi connectivity index (χ4v) is 1.59. The minimum absolute atomic E-state index is 0.0575. The Morgan fingerprint density at radius 1 is 1.67 bits per heavy atom. The summed E-state index contributed by atoms with van der Waals surface area (Å²) in [5.41, 5.74) is 0.636. The molecule has 0 radical (unpaired) electrons. The maximum Gasteiger partial charge on any atom is 0.158 e. The van der Waals surface area contributed by atoms with E-state index in [4.69, 9.17) is 9.84 Å². The van der Waals surface area contributed by atoms with Gasteiger partial charge in [-0.25, -0.2) is 9.97 Å². The lowest BCUT2D eigenvalue weighted by Crippen LogP contribution is -2.36. The van der Waals surface area contributed by atoms with Crippen molar-refractivity contribution in [2.45, 2.75) is 12.7 Å². The van der Waals surface area contributed by atoms with Crippen molar-refractivity contribution in [2.24, 2.45) is 0 Å². The second-order valence-corrected chi connectivity index (χ2v) is 3.69. The van der Waals surface area contributed by atoms with Crippen LogP contribution in [0.4, 0.5) is 0 Å². The van der Waals surface area contributed by atoms with Gasteiger partial charge in [-0.15, -0.1) is 0 Å². The quantitative estimate of drug-likeness (QED) is 0.741. The van der Waals surface area contributed by atoms with Crippen LogP contribution in [0.5, 0.6) is 0 Å². The van der Waals surface area contributed by atoms with Gasteiger partial charge in [-0.05, 0) is 13.1 Å². The number of aliphatic hydroxyl groups excluding tert-OH is 1. The predicted octanol–water partition coefficient (Wildman–Crippen LogP) is -0.0280. The van der Waals surface area contributed by atoms with Gasteiger partial charge in [0.25, 0.3) is 0 Å². The summed E-state index contributed by atoms with van der Waals surface area (Å²) in [6.07, 6.45) is 1.58. The largest absolute Gasteiger partial charge is 0.390 e. The smallest absolute Gasteiger partial charge is 0.158 e. The number of likely N-dealkylation sites (N-methyl/N-ethyl adjacent to an activating group) is 1. The molecule has 5 nitrogen and oxygen atoms in total. The van der Waals surface area contributed by atoms with Crippen LogP contribution >= 0.6 is 0 Å². The molecule has 15 heavy (non-hydrogen) atoms. The van der Waals surface area contributed by atoms with Gasteiger partial charge < -0.3 is 14.7 Å². The standard InChI is InChI=1S/C10H15N3O2/c1-13-4-5-15-9(6-13)10-11-3-2-8(7-14)12-10/h2-3,9,14H,4-7H2,1H3. The third-order valence-electron chi connectivity index (χ3n) is 2.45. The summed E-state index contributed by atoms with van der Waals surface area (Å²) in [5, 5.41) is 8.97. The number of aromatic nitrogens is 2. The van der Waals surface area contributed by atoms with E-state index in [1.165, 1.54) is 0 Å². The van der Waals surface area contributed by atoms with E-state index >= 15 is 0 Å². The van der Waals surface area contributed by atoms with Crippen LogP contribution < -0.4 is 0 Å². The lowest BCUT2D eigenvalue weighted by molar-refractivity contribution is -0.0256. The van der Waals surface area contributed by atoms with E-state index in [1.54, 1.807) is 12.3 Å². The molecule has 1 N–H and O–H groups in total. The van der Waals surface area contributed by atoms with Crippen LogP contribution in [0.25, 0.3) is 0 Å². The molecule has 0 amide bonds. The van der Waals surface area contributed by atoms with Gasteiger partial charge in [0.1, 0.15) is 6.10 Å². The third-order valence-corrected chi connectivity index (χ3v) is 2.45. The molecule has 2 heterocycles. The van der Waals surface area contributed by atoms with Gasteiger partial charge in [0, 0.05) is 19.3 Å². The van der Waals surface area contributed by atoms with Gasteiger partial charge in [-0.2, -0.15) is 0 Å². The summed E-state index contributed by atoms with van der Waals surface area (Å²) < 4.78 is 5.59. The van der Waals surface area contributed by atoms with E-state index < -0.39 is 0 Å². The van der Waals surface area contributed by atoms with Crippen molar-refractivity contribution < 1.29 is 9.84 Å². The topological polar surface area (TPSA) is 58.5 Å². The molecule has 0 spiro atoms. The number of hydrogen-bond donors (Lipinski definition) is 1. The molecule has 1 aromatic heterocycles. The van der Waals surface area contributed by atoms with Gasteiger partial charge in [0.15, 0.2) is 5.82 Å². The molecular formula is C10H15N3O2. The molecule has 1 fully saturated rings. The monoisotopic (exact) mass is 209 g/mol. The molecule has 1 unspecified atom stereocenters. The SMILES string of the molecule is CN1CCOC(c2nccc(CO)n2)C1. The zero-order chi connectivity index (χ0) is 10.7. The minimum atomic E-state index is -0.0738. The van der Waals surface area contributed by atoms with Crippen molar-refractivity contribution in [3.05, 3.63) is 23.8 Å². The predicted molar refractivity (Wildman–Crippen MR) is 54.1 cm³/mol. The Hall–Kier alpha value is -1.04. The zero-order valence-electron chi connectivity index (χ0n) is 8.76. The van der Waals surface area contributed by atoms with Crippen molar-refractivity contribution in [1.82, 2.24) is 14.9 Å². The maximum atomic E-state index is 8.97. The first-order chi connectivity index (χ1) is 7.29. The van der Waals surface area contributed by atoms with E-state index in [0.29, 0.717) is 18.1 Å².